The van der Waals surface area contributed by atoms with Crippen LogP contribution in [0.2, 0.25) is 0 Å². The van der Waals surface area contributed by atoms with E-state index in [0.29, 0.717) is 23.6 Å². The van der Waals surface area contributed by atoms with Crippen molar-refractivity contribution >= 4 is 17.5 Å². The summed E-state index contributed by atoms with van der Waals surface area (Å²) in [6, 6.07) is 3.18. The van der Waals surface area contributed by atoms with E-state index >= 15 is 0 Å². The second-order valence-corrected chi connectivity index (χ2v) is 5.16. The molecular weight excluding hydrogens is 286 g/mol. The van der Waals surface area contributed by atoms with E-state index in [1.54, 1.807) is 6.07 Å². The van der Waals surface area contributed by atoms with Gasteiger partial charge < -0.3 is 25.8 Å². The van der Waals surface area contributed by atoms with Crippen molar-refractivity contribution in [1.29, 1.82) is 0 Å². The maximum atomic E-state index is 12.1. The number of rotatable bonds is 6. The molecular formula is C15H21N3O4. The third-order valence-corrected chi connectivity index (χ3v) is 3.66. The van der Waals surface area contributed by atoms with Crippen molar-refractivity contribution in [3.8, 4) is 11.5 Å². The van der Waals surface area contributed by atoms with Gasteiger partial charge in [0.2, 0.25) is 5.91 Å². The monoisotopic (exact) mass is 307 g/mol. The number of hydrogen-bond acceptors (Lipinski definition) is 5. The average molecular weight is 307 g/mol. The van der Waals surface area contributed by atoms with Gasteiger partial charge in [0.05, 0.1) is 25.5 Å². The first kappa shape index (κ1) is 16.1. The Morgan fingerprint density at radius 3 is 2.55 bits per heavy atom. The summed E-state index contributed by atoms with van der Waals surface area (Å²) >= 11 is 0. The van der Waals surface area contributed by atoms with E-state index in [2.05, 4.69) is 10.6 Å². The molecule has 22 heavy (non-hydrogen) atoms. The van der Waals surface area contributed by atoms with Crippen LogP contribution in [-0.2, 0) is 4.79 Å². The van der Waals surface area contributed by atoms with Crippen LogP contribution in [-0.4, -0.2) is 38.6 Å². The van der Waals surface area contributed by atoms with Crippen LogP contribution in [0.4, 0.5) is 5.69 Å². The first-order chi connectivity index (χ1) is 10.5. The molecule has 2 rings (SSSR count). The molecule has 1 saturated heterocycles. The lowest BCUT2D eigenvalue weighted by Gasteiger charge is -2.15. The maximum Gasteiger partial charge on any atom is 0.250 e. The van der Waals surface area contributed by atoms with Gasteiger partial charge in [-0.05, 0) is 25.5 Å². The molecule has 1 fully saturated rings. The summed E-state index contributed by atoms with van der Waals surface area (Å²) < 4.78 is 10.3. The summed E-state index contributed by atoms with van der Waals surface area (Å²) in [5, 5.41) is 5.98. The molecule has 0 saturated carbocycles. The number of carbonyl (C=O) groups excluding carboxylic acids is 2. The van der Waals surface area contributed by atoms with E-state index in [1.165, 1.54) is 20.3 Å². The van der Waals surface area contributed by atoms with Crippen molar-refractivity contribution in [3.63, 3.8) is 0 Å². The van der Waals surface area contributed by atoms with Crippen LogP contribution in [0.5, 0.6) is 11.5 Å². The molecule has 1 heterocycles. The molecule has 0 aliphatic carbocycles. The van der Waals surface area contributed by atoms with Crippen LogP contribution in [0, 0.1) is 0 Å². The summed E-state index contributed by atoms with van der Waals surface area (Å²) in [7, 11) is 2.95. The van der Waals surface area contributed by atoms with Crippen LogP contribution in [0.1, 0.15) is 29.6 Å². The quantitative estimate of drug-likeness (QED) is 0.724. The van der Waals surface area contributed by atoms with E-state index in [1.807, 2.05) is 0 Å². The Hall–Kier alpha value is -2.28. The highest BCUT2D eigenvalue weighted by atomic mass is 16.5. The zero-order valence-electron chi connectivity index (χ0n) is 12.8. The van der Waals surface area contributed by atoms with Crippen LogP contribution in [0.3, 0.4) is 0 Å². The first-order valence-electron chi connectivity index (χ1n) is 7.14. The molecule has 1 aliphatic heterocycles. The van der Waals surface area contributed by atoms with Gasteiger partial charge in [-0.2, -0.15) is 0 Å². The van der Waals surface area contributed by atoms with E-state index in [4.69, 9.17) is 15.2 Å². The van der Waals surface area contributed by atoms with Crippen molar-refractivity contribution in [2.24, 2.45) is 5.73 Å². The third-order valence-electron chi connectivity index (χ3n) is 3.66. The van der Waals surface area contributed by atoms with Gasteiger partial charge in [0.1, 0.15) is 0 Å². The number of nitrogens with two attached hydrogens (primary N) is 1. The Bertz CT molecular complexity index is 568. The minimum Gasteiger partial charge on any atom is -0.493 e. The third kappa shape index (κ3) is 3.67. The lowest BCUT2D eigenvalue weighted by atomic mass is 10.1. The van der Waals surface area contributed by atoms with Crippen molar-refractivity contribution in [1.82, 2.24) is 5.32 Å². The van der Waals surface area contributed by atoms with Crippen LogP contribution in [0.25, 0.3) is 0 Å². The maximum absolute atomic E-state index is 12.1. The number of anilines is 1. The van der Waals surface area contributed by atoms with E-state index in [0.717, 1.165) is 19.4 Å². The molecule has 4 N–H and O–H groups in total. The summed E-state index contributed by atoms with van der Waals surface area (Å²) in [6.07, 6.45) is 2.40. The zero-order valence-corrected chi connectivity index (χ0v) is 12.8. The van der Waals surface area contributed by atoms with Crippen molar-refractivity contribution < 1.29 is 19.1 Å². The molecule has 1 aromatic rings. The van der Waals surface area contributed by atoms with Crippen molar-refractivity contribution in [2.45, 2.75) is 25.3 Å². The first-order valence-corrected chi connectivity index (χ1v) is 7.14. The standard InChI is InChI=1S/C15H21N3O4/c1-21-12-7-10(15(16)20)11(8-13(12)22-2)18-14(19)6-9-4-3-5-17-9/h7-9,17H,3-6H2,1-2H3,(H2,16,20)(H,18,19). The fourth-order valence-electron chi connectivity index (χ4n) is 2.54. The Morgan fingerprint density at radius 1 is 1.32 bits per heavy atom. The van der Waals surface area contributed by atoms with Gasteiger partial charge in [-0.3, -0.25) is 9.59 Å². The lowest BCUT2D eigenvalue weighted by Crippen LogP contribution is -2.28. The molecule has 0 bridgehead atoms. The fourth-order valence-corrected chi connectivity index (χ4v) is 2.54. The molecule has 120 valence electrons. The van der Waals surface area contributed by atoms with Crippen LogP contribution in [0.15, 0.2) is 12.1 Å². The molecule has 1 aliphatic rings. The Kier molecular flexibility index (Phi) is 5.21. The molecule has 7 heteroatoms. The second kappa shape index (κ2) is 7.13. The minimum absolute atomic E-state index is 0.172. The number of ether oxygens (including phenoxy) is 2. The van der Waals surface area contributed by atoms with Gasteiger partial charge in [-0.25, -0.2) is 0 Å². The summed E-state index contributed by atoms with van der Waals surface area (Å²) in [5.41, 5.74) is 5.88. The summed E-state index contributed by atoms with van der Waals surface area (Å²) in [4.78, 5) is 23.7. The minimum atomic E-state index is -0.643. The van der Waals surface area contributed by atoms with Gasteiger partial charge in [0, 0.05) is 18.5 Å². The molecule has 1 unspecified atom stereocenters. The van der Waals surface area contributed by atoms with E-state index in [-0.39, 0.29) is 17.5 Å². The number of methoxy groups -OCH3 is 2. The van der Waals surface area contributed by atoms with Gasteiger partial charge in [0.25, 0.3) is 5.91 Å². The molecule has 0 radical (unpaired) electrons. The largest absolute Gasteiger partial charge is 0.493 e. The molecule has 2 amide bonds. The van der Waals surface area contributed by atoms with Crippen molar-refractivity contribution in [3.05, 3.63) is 17.7 Å². The topological polar surface area (TPSA) is 103 Å². The lowest BCUT2D eigenvalue weighted by molar-refractivity contribution is -0.116. The molecule has 1 atom stereocenters. The molecule has 7 nitrogen and oxygen atoms in total. The van der Waals surface area contributed by atoms with Gasteiger partial charge in [-0.1, -0.05) is 0 Å². The predicted octanol–water partition coefficient (Wildman–Crippen LogP) is 0.883. The molecule has 0 spiro atoms. The number of benzene rings is 1. The van der Waals surface area contributed by atoms with Crippen LogP contribution < -0.4 is 25.8 Å². The number of carbonyl (C=O) groups is 2. The Labute approximate surface area is 129 Å². The van der Waals surface area contributed by atoms with E-state index < -0.39 is 5.91 Å². The summed E-state index contributed by atoms with van der Waals surface area (Å²) in [6.45, 7) is 0.931. The van der Waals surface area contributed by atoms with Gasteiger partial charge in [0.15, 0.2) is 11.5 Å². The predicted molar refractivity (Wildman–Crippen MR) is 82.3 cm³/mol. The Morgan fingerprint density at radius 2 is 2.00 bits per heavy atom. The van der Waals surface area contributed by atoms with Crippen molar-refractivity contribution in [2.75, 3.05) is 26.1 Å². The zero-order chi connectivity index (χ0) is 16.1. The van der Waals surface area contributed by atoms with Crippen LogP contribution >= 0.6 is 0 Å². The smallest absolute Gasteiger partial charge is 0.250 e. The number of nitrogens with one attached hydrogen (secondary N) is 2. The molecule has 0 aromatic heterocycles. The van der Waals surface area contributed by atoms with Gasteiger partial charge >= 0.3 is 0 Å². The molecule has 1 aromatic carbocycles. The number of amides is 2. The fraction of sp³-hybridized carbons (Fsp3) is 0.467. The number of primary amides is 1. The highest BCUT2D eigenvalue weighted by Crippen LogP contribution is 2.33. The average Bonchev–Trinajstić information content (AvgIpc) is 2.99. The second-order valence-electron chi connectivity index (χ2n) is 5.16. The van der Waals surface area contributed by atoms with E-state index in [9.17, 15) is 9.59 Å². The number of hydrogen-bond donors (Lipinski definition) is 3. The van der Waals surface area contributed by atoms with Gasteiger partial charge in [-0.15, -0.1) is 0 Å². The Balaban J connectivity index is 2.20. The highest BCUT2D eigenvalue weighted by Gasteiger charge is 2.20. The normalized spacial score (nSPS) is 17.1. The SMILES string of the molecule is COc1cc(NC(=O)CC2CCCN2)c(C(N)=O)cc1OC. The summed E-state index contributed by atoms with van der Waals surface area (Å²) in [5.74, 6) is -0.0158. The highest BCUT2D eigenvalue weighted by molar-refractivity contribution is 6.04.